The summed E-state index contributed by atoms with van der Waals surface area (Å²) in [5.41, 5.74) is -0.00752. The number of rotatable bonds is 7. The minimum absolute atomic E-state index is 0.00752. The topological polar surface area (TPSA) is 45.5 Å². The Morgan fingerprint density at radius 1 is 1.40 bits per heavy atom. The number of amides is 1. The third kappa shape index (κ3) is 4.88. The van der Waals surface area contributed by atoms with E-state index in [0.717, 1.165) is 17.4 Å². The van der Waals surface area contributed by atoms with Crippen molar-refractivity contribution in [2.24, 2.45) is 0 Å². The van der Waals surface area contributed by atoms with Crippen LogP contribution in [0.5, 0.6) is 0 Å². The van der Waals surface area contributed by atoms with Gasteiger partial charge < -0.3 is 14.6 Å². The normalized spacial score (nSPS) is 11.7. The molecule has 1 rings (SSSR count). The highest BCUT2D eigenvalue weighted by atomic mass is 19.4. The SMILES string of the molecule is CCCCN(CCO)C(=O)c1cccn1CC(F)(F)F. The Hall–Kier alpha value is -1.50. The molecule has 1 heterocycles. The van der Waals surface area contributed by atoms with E-state index in [1.807, 2.05) is 6.92 Å². The first-order valence-electron chi connectivity index (χ1n) is 6.51. The lowest BCUT2D eigenvalue weighted by molar-refractivity contribution is -0.140. The van der Waals surface area contributed by atoms with Gasteiger partial charge in [-0.15, -0.1) is 0 Å². The molecule has 1 aromatic heterocycles. The summed E-state index contributed by atoms with van der Waals surface area (Å²) in [5.74, 6) is -0.484. The molecule has 0 aliphatic rings. The molecular formula is C13H19F3N2O2. The largest absolute Gasteiger partial charge is 0.406 e. The van der Waals surface area contributed by atoms with Crippen molar-refractivity contribution in [1.29, 1.82) is 0 Å². The van der Waals surface area contributed by atoms with E-state index in [0.29, 0.717) is 6.54 Å². The Kier molecular flexibility index (Phi) is 6.06. The Labute approximate surface area is 115 Å². The van der Waals surface area contributed by atoms with Gasteiger partial charge in [-0.3, -0.25) is 4.79 Å². The predicted octanol–water partition coefficient (Wildman–Crippen LogP) is 2.29. The van der Waals surface area contributed by atoms with E-state index in [2.05, 4.69) is 0 Å². The molecule has 0 bridgehead atoms. The molecule has 0 aliphatic heterocycles. The third-order valence-corrected chi connectivity index (χ3v) is 2.84. The molecule has 114 valence electrons. The Morgan fingerprint density at radius 3 is 2.65 bits per heavy atom. The van der Waals surface area contributed by atoms with Crippen molar-refractivity contribution in [3.05, 3.63) is 24.0 Å². The number of unbranched alkanes of at least 4 members (excludes halogenated alkanes) is 1. The third-order valence-electron chi connectivity index (χ3n) is 2.84. The summed E-state index contributed by atoms with van der Waals surface area (Å²) in [5, 5.41) is 8.96. The highest BCUT2D eigenvalue weighted by molar-refractivity contribution is 5.92. The first kappa shape index (κ1) is 16.6. The zero-order chi connectivity index (χ0) is 15.2. The second-order valence-electron chi connectivity index (χ2n) is 4.51. The summed E-state index contributed by atoms with van der Waals surface area (Å²) >= 11 is 0. The number of carbonyl (C=O) groups excluding carboxylic acids is 1. The van der Waals surface area contributed by atoms with Crippen LogP contribution in [0.1, 0.15) is 30.3 Å². The van der Waals surface area contributed by atoms with Crippen LogP contribution in [0, 0.1) is 0 Å². The summed E-state index contributed by atoms with van der Waals surface area (Å²) in [6.07, 6.45) is -1.54. The van der Waals surface area contributed by atoms with Crippen LogP contribution in [0.3, 0.4) is 0 Å². The molecule has 20 heavy (non-hydrogen) atoms. The monoisotopic (exact) mass is 292 g/mol. The fourth-order valence-corrected chi connectivity index (χ4v) is 1.89. The molecule has 1 N–H and O–H groups in total. The van der Waals surface area contributed by atoms with Gasteiger partial charge in [-0.05, 0) is 18.6 Å². The van der Waals surface area contributed by atoms with Crippen LogP contribution in [0.4, 0.5) is 13.2 Å². The number of carbonyl (C=O) groups is 1. The maximum absolute atomic E-state index is 12.4. The lowest BCUT2D eigenvalue weighted by atomic mass is 10.3. The van der Waals surface area contributed by atoms with Gasteiger partial charge in [-0.2, -0.15) is 13.2 Å². The standard InChI is InChI=1S/C13H19F3N2O2/c1-2-3-6-17(8-9-19)12(20)11-5-4-7-18(11)10-13(14,15)16/h4-5,7,19H,2-3,6,8-10H2,1H3. The molecule has 0 aliphatic carbocycles. The molecule has 0 saturated heterocycles. The van der Waals surface area contributed by atoms with E-state index in [1.54, 1.807) is 0 Å². The van der Waals surface area contributed by atoms with Crippen molar-refractivity contribution in [3.8, 4) is 0 Å². The number of alkyl halides is 3. The van der Waals surface area contributed by atoms with E-state index in [-0.39, 0.29) is 18.8 Å². The minimum Gasteiger partial charge on any atom is -0.395 e. The van der Waals surface area contributed by atoms with Crippen molar-refractivity contribution in [1.82, 2.24) is 9.47 Å². The van der Waals surface area contributed by atoms with Gasteiger partial charge in [0.15, 0.2) is 0 Å². The van der Waals surface area contributed by atoms with Crippen LogP contribution in [-0.2, 0) is 6.54 Å². The van der Waals surface area contributed by atoms with Crippen LogP contribution in [0.15, 0.2) is 18.3 Å². The Morgan fingerprint density at radius 2 is 2.10 bits per heavy atom. The Bertz CT molecular complexity index is 429. The number of aromatic nitrogens is 1. The molecule has 0 aromatic carbocycles. The van der Waals surface area contributed by atoms with Crippen LogP contribution in [0.2, 0.25) is 0 Å². The van der Waals surface area contributed by atoms with E-state index < -0.39 is 18.6 Å². The molecule has 4 nitrogen and oxygen atoms in total. The van der Waals surface area contributed by atoms with E-state index in [9.17, 15) is 18.0 Å². The number of hydrogen-bond acceptors (Lipinski definition) is 2. The van der Waals surface area contributed by atoms with Gasteiger partial charge in [0.2, 0.25) is 0 Å². The summed E-state index contributed by atoms with van der Waals surface area (Å²) in [6.45, 7) is 1.09. The zero-order valence-corrected chi connectivity index (χ0v) is 11.4. The van der Waals surface area contributed by atoms with Gasteiger partial charge in [0, 0.05) is 19.3 Å². The molecular weight excluding hydrogens is 273 g/mol. The summed E-state index contributed by atoms with van der Waals surface area (Å²) < 4.78 is 38.2. The second-order valence-corrected chi connectivity index (χ2v) is 4.51. The van der Waals surface area contributed by atoms with Crippen LogP contribution in [-0.4, -0.2) is 46.4 Å². The predicted molar refractivity (Wildman–Crippen MR) is 68.4 cm³/mol. The van der Waals surface area contributed by atoms with Gasteiger partial charge in [0.05, 0.1) is 6.61 Å². The van der Waals surface area contributed by atoms with E-state index in [1.165, 1.54) is 23.2 Å². The van der Waals surface area contributed by atoms with Gasteiger partial charge >= 0.3 is 6.18 Å². The second kappa shape index (κ2) is 7.33. The molecule has 1 aromatic rings. The van der Waals surface area contributed by atoms with Crippen LogP contribution < -0.4 is 0 Å². The molecule has 0 radical (unpaired) electrons. The maximum atomic E-state index is 12.4. The lowest BCUT2D eigenvalue weighted by Gasteiger charge is -2.22. The average Bonchev–Trinajstić information content (AvgIpc) is 2.79. The molecule has 0 saturated carbocycles. The van der Waals surface area contributed by atoms with Gasteiger partial charge in [-0.1, -0.05) is 13.3 Å². The average molecular weight is 292 g/mol. The van der Waals surface area contributed by atoms with Gasteiger partial charge in [-0.25, -0.2) is 0 Å². The zero-order valence-electron chi connectivity index (χ0n) is 11.4. The first-order chi connectivity index (χ1) is 9.39. The van der Waals surface area contributed by atoms with Crippen molar-refractivity contribution in [3.63, 3.8) is 0 Å². The van der Waals surface area contributed by atoms with E-state index >= 15 is 0 Å². The fourth-order valence-electron chi connectivity index (χ4n) is 1.89. The molecule has 0 unspecified atom stereocenters. The van der Waals surface area contributed by atoms with Crippen molar-refractivity contribution in [2.75, 3.05) is 19.7 Å². The van der Waals surface area contributed by atoms with Crippen molar-refractivity contribution >= 4 is 5.91 Å². The molecule has 0 spiro atoms. The molecule has 7 heteroatoms. The number of aliphatic hydroxyl groups is 1. The number of nitrogens with zero attached hydrogens (tertiary/aromatic N) is 2. The van der Waals surface area contributed by atoms with Crippen LogP contribution in [0.25, 0.3) is 0 Å². The molecule has 0 atom stereocenters. The van der Waals surface area contributed by atoms with Crippen molar-refractivity contribution in [2.45, 2.75) is 32.5 Å². The maximum Gasteiger partial charge on any atom is 0.406 e. The first-order valence-corrected chi connectivity index (χ1v) is 6.51. The Balaban J connectivity index is 2.86. The highest BCUT2D eigenvalue weighted by Crippen LogP contribution is 2.19. The summed E-state index contributed by atoms with van der Waals surface area (Å²) in [6, 6.07) is 2.78. The quantitative estimate of drug-likeness (QED) is 0.838. The fraction of sp³-hybridized carbons (Fsp3) is 0.615. The number of halogens is 3. The smallest absolute Gasteiger partial charge is 0.395 e. The summed E-state index contributed by atoms with van der Waals surface area (Å²) in [7, 11) is 0. The highest BCUT2D eigenvalue weighted by Gasteiger charge is 2.30. The number of aliphatic hydroxyl groups excluding tert-OH is 1. The van der Waals surface area contributed by atoms with Gasteiger partial charge in [0.1, 0.15) is 12.2 Å². The molecule has 0 fully saturated rings. The number of hydrogen-bond donors (Lipinski definition) is 1. The van der Waals surface area contributed by atoms with Crippen molar-refractivity contribution < 1.29 is 23.1 Å². The lowest BCUT2D eigenvalue weighted by Crippen LogP contribution is -2.36. The molecule has 1 amide bonds. The van der Waals surface area contributed by atoms with E-state index in [4.69, 9.17) is 5.11 Å². The van der Waals surface area contributed by atoms with Gasteiger partial charge in [0.25, 0.3) is 5.91 Å². The van der Waals surface area contributed by atoms with Crippen LogP contribution >= 0.6 is 0 Å². The minimum atomic E-state index is -4.38. The summed E-state index contributed by atoms with van der Waals surface area (Å²) in [4.78, 5) is 13.6.